The first kappa shape index (κ1) is 47.7. The van der Waals surface area contributed by atoms with Gasteiger partial charge < -0.3 is 0 Å². The van der Waals surface area contributed by atoms with Crippen LogP contribution in [0, 0.1) is 0 Å². The van der Waals surface area contributed by atoms with Gasteiger partial charge in [-0.2, -0.15) is 0 Å². The summed E-state index contributed by atoms with van der Waals surface area (Å²) in [7, 11) is 0. The molecule has 0 amide bonds. The van der Waals surface area contributed by atoms with Crippen LogP contribution in [0.3, 0.4) is 0 Å². The maximum atomic E-state index is 5.12. The molecule has 0 saturated carbocycles. The SMILES string of the molecule is c1cc(-c2ccc3c(c2)c2ccccc2c2ccc(-c4cc(-c5cccc(-c6cccc(-c7cc8c9ccccc9c9ccccc9c8cn7)c6)c5)c5sc6ccccc6c5c4)cc23)cc(-c2ccc3c4ccccc4c4nccnc4c3c2)c1. The topological polar surface area (TPSA) is 38.7 Å². The van der Waals surface area contributed by atoms with Crippen molar-refractivity contribution in [2.75, 3.05) is 0 Å². The number of hydrogen-bond acceptors (Lipinski definition) is 4. The van der Waals surface area contributed by atoms with E-state index in [4.69, 9.17) is 15.0 Å². The Hall–Kier alpha value is -10.9. The van der Waals surface area contributed by atoms with Crippen molar-refractivity contribution in [3.8, 4) is 66.9 Å². The van der Waals surface area contributed by atoms with Crippen molar-refractivity contribution in [3.05, 3.63) is 286 Å². The van der Waals surface area contributed by atoms with Gasteiger partial charge in [0.1, 0.15) is 0 Å². The Balaban J connectivity index is 0.741. The fourth-order valence-electron chi connectivity index (χ4n) is 13.9. The van der Waals surface area contributed by atoms with Crippen molar-refractivity contribution >= 4 is 129 Å². The van der Waals surface area contributed by atoms with Crippen molar-refractivity contribution in [3.63, 3.8) is 0 Å². The van der Waals surface area contributed by atoms with Crippen molar-refractivity contribution in [2.24, 2.45) is 0 Å². The van der Waals surface area contributed by atoms with Crippen molar-refractivity contribution < 1.29 is 0 Å². The average molecular weight is 1090 g/mol. The summed E-state index contributed by atoms with van der Waals surface area (Å²) in [6.07, 6.45) is 5.66. The lowest BCUT2D eigenvalue weighted by molar-refractivity contribution is 1.31. The molecule has 0 atom stereocenters. The second-order valence-electron chi connectivity index (χ2n) is 22.6. The molecule has 0 unspecified atom stereocenters. The van der Waals surface area contributed by atoms with Crippen LogP contribution in [0.2, 0.25) is 0 Å². The number of pyridine rings is 1. The molecule has 0 aliphatic carbocycles. The standard InChI is InChI=1S/C81H47N3S/c1-5-25-63-58(20-1)59-21-3-6-26-64(59)76-47-84-77(46-73(63)76)56-19-13-17-51(40-56)50-16-12-18-55(39-50)70-44-57(45-75-68-27-9-10-29-78(68)85-81(70)75)54-32-33-65-60-22-2-4-24-62(60)71-41-52(31-35-67(71)72(65)42-54)48-14-11-15-49(38-48)53-30-34-66-61-23-7-8-28-69(61)79-80(74(66)43-53)83-37-36-82-79/h1-47H. The first-order chi connectivity index (χ1) is 42.1. The predicted octanol–water partition coefficient (Wildman–Crippen LogP) is 22.6. The van der Waals surface area contributed by atoms with E-state index in [0.29, 0.717) is 0 Å². The molecule has 392 valence electrons. The smallest absolute Gasteiger partial charge is 0.0971 e. The van der Waals surface area contributed by atoms with E-state index in [1.54, 1.807) is 12.4 Å². The van der Waals surface area contributed by atoms with Gasteiger partial charge in [0.2, 0.25) is 0 Å². The Morgan fingerprint density at radius 2 is 0.588 bits per heavy atom. The third kappa shape index (κ3) is 7.56. The summed E-state index contributed by atoms with van der Waals surface area (Å²) < 4.78 is 2.58. The minimum absolute atomic E-state index is 0.925. The Morgan fingerprint density at radius 3 is 1.19 bits per heavy atom. The quantitative estimate of drug-likeness (QED) is 0.156. The number of hydrogen-bond donors (Lipinski definition) is 0. The van der Waals surface area contributed by atoms with Gasteiger partial charge in [0.05, 0.1) is 16.7 Å². The molecule has 15 aromatic carbocycles. The third-order valence-corrected chi connectivity index (χ3v) is 19.1. The summed E-state index contributed by atoms with van der Waals surface area (Å²) in [4.78, 5) is 14.8. The number of thiophene rings is 1. The molecule has 18 aromatic rings. The molecule has 0 bridgehead atoms. The van der Waals surface area contributed by atoms with E-state index in [1.165, 1.54) is 129 Å². The first-order valence-corrected chi connectivity index (χ1v) is 29.8. The molecule has 4 heteroatoms. The highest BCUT2D eigenvalue weighted by atomic mass is 32.1. The van der Waals surface area contributed by atoms with E-state index in [0.717, 1.165) is 55.3 Å². The van der Waals surface area contributed by atoms with Crippen LogP contribution in [0.5, 0.6) is 0 Å². The van der Waals surface area contributed by atoms with Crippen LogP contribution in [0.4, 0.5) is 0 Å². The van der Waals surface area contributed by atoms with Crippen LogP contribution >= 0.6 is 11.3 Å². The molecule has 0 fully saturated rings. The molecule has 85 heavy (non-hydrogen) atoms. The summed E-state index contributed by atoms with van der Waals surface area (Å²) in [5, 5.41) is 22.0. The van der Waals surface area contributed by atoms with E-state index < -0.39 is 0 Å². The summed E-state index contributed by atoms with van der Waals surface area (Å²) in [6, 6.07) is 98.9. The largest absolute Gasteiger partial charge is 0.256 e. The Bertz CT molecular complexity index is 5810. The Kier molecular flexibility index (Phi) is 10.6. The zero-order chi connectivity index (χ0) is 55.7. The highest BCUT2D eigenvalue weighted by Crippen LogP contribution is 2.46. The molecule has 0 aliphatic rings. The minimum atomic E-state index is 0.925. The minimum Gasteiger partial charge on any atom is -0.256 e. The average Bonchev–Trinajstić information content (AvgIpc) is 1.72. The molecule has 0 aliphatic heterocycles. The fraction of sp³-hybridized carbons (Fsp3) is 0. The number of nitrogens with zero attached hydrogens (tertiary/aromatic N) is 3. The Morgan fingerprint density at radius 1 is 0.212 bits per heavy atom. The third-order valence-electron chi connectivity index (χ3n) is 17.9. The number of benzene rings is 15. The van der Waals surface area contributed by atoms with Crippen LogP contribution < -0.4 is 0 Å². The van der Waals surface area contributed by atoms with Crippen molar-refractivity contribution in [1.29, 1.82) is 0 Å². The highest BCUT2D eigenvalue weighted by molar-refractivity contribution is 7.26. The summed E-state index contributed by atoms with van der Waals surface area (Å²) >= 11 is 1.88. The van der Waals surface area contributed by atoms with Crippen LogP contribution in [0.1, 0.15) is 0 Å². The van der Waals surface area contributed by atoms with Gasteiger partial charge in [-0.05, 0) is 181 Å². The van der Waals surface area contributed by atoms with Gasteiger partial charge >= 0.3 is 0 Å². The van der Waals surface area contributed by atoms with Crippen LogP contribution in [-0.4, -0.2) is 15.0 Å². The highest BCUT2D eigenvalue weighted by Gasteiger charge is 2.19. The van der Waals surface area contributed by atoms with Gasteiger partial charge in [-0.15, -0.1) is 11.3 Å². The van der Waals surface area contributed by atoms with Crippen LogP contribution in [-0.2, 0) is 0 Å². The second kappa shape index (κ2) is 18.8. The molecule has 0 spiro atoms. The predicted molar refractivity (Wildman–Crippen MR) is 363 cm³/mol. The van der Waals surface area contributed by atoms with E-state index in [-0.39, 0.29) is 0 Å². The second-order valence-corrected chi connectivity index (χ2v) is 23.6. The number of fused-ring (bicyclic) bond motifs is 21. The molecule has 18 rings (SSSR count). The summed E-state index contributed by atoms with van der Waals surface area (Å²) in [5.74, 6) is 0. The summed E-state index contributed by atoms with van der Waals surface area (Å²) in [6.45, 7) is 0. The molecule has 3 nitrogen and oxygen atoms in total. The zero-order valence-electron chi connectivity index (χ0n) is 45.9. The van der Waals surface area contributed by atoms with Crippen LogP contribution in [0.15, 0.2) is 286 Å². The lowest BCUT2D eigenvalue weighted by Crippen LogP contribution is -1.89. The van der Waals surface area contributed by atoms with Gasteiger partial charge in [-0.25, -0.2) is 0 Å². The van der Waals surface area contributed by atoms with Crippen LogP contribution in [0.25, 0.3) is 184 Å². The number of aromatic nitrogens is 3. The maximum absolute atomic E-state index is 5.12. The van der Waals surface area contributed by atoms with E-state index >= 15 is 0 Å². The van der Waals surface area contributed by atoms with E-state index in [2.05, 4.69) is 273 Å². The van der Waals surface area contributed by atoms with Gasteiger partial charge in [-0.3, -0.25) is 15.0 Å². The van der Waals surface area contributed by atoms with Gasteiger partial charge in [0, 0.05) is 66.0 Å². The molecular weight excluding hydrogens is 1050 g/mol. The molecule has 0 saturated heterocycles. The van der Waals surface area contributed by atoms with Gasteiger partial charge in [-0.1, -0.05) is 206 Å². The zero-order valence-corrected chi connectivity index (χ0v) is 46.7. The molecule has 0 N–H and O–H groups in total. The lowest BCUT2D eigenvalue weighted by atomic mass is 9.89. The summed E-state index contributed by atoms with van der Waals surface area (Å²) in [5.41, 5.74) is 15.7. The maximum Gasteiger partial charge on any atom is 0.0971 e. The lowest BCUT2D eigenvalue weighted by Gasteiger charge is -2.15. The van der Waals surface area contributed by atoms with Crippen molar-refractivity contribution in [2.45, 2.75) is 0 Å². The first-order valence-electron chi connectivity index (χ1n) is 29.0. The number of rotatable bonds is 6. The molecule has 3 heterocycles. The van der Waals surface area contributed by atoms with Crippen molar-refractivity contribution in [1.82, 2.24) is 15.0 Å². The monoisotopic (exact) mass is 1090 g/mol. The van der Waals surface area contributed by atoms with Gasteiger partial charge in [0.15, 0.2) is 0 Å². The molecular formula is C81H47N3S. The molecule has 3 aromatic heterocycles. The Labute approximate surface area is 493 Å². The fourth-order valence-corrected chi connectivity index (χ4v) is 15.1. The van der Waals surface area contributed by atoms with E-state index in [9.17, 15) is 0 Å². The van der Waals surface area contributed by atoms with Gasteiger partial charge in [0.25, 0.3) is 0 Å². The molecule has 0 radical (unpaired) electrons. The van der Waals surface area contributed by atoms with E-state index in [1.807, 2.05) is 11.3 Å². The normalized spacial score (nSPS) is 12.0.